The molecule has 0 saturated heterocycles. The Hall–Kier alpha value is -2.17. The zero-order valence-electron chi connectivity index (χ0n) is 11.6. The van der Waals surface area contributed by atoms with Gasteiger partial charge in [-0.25, -0.2) is 4.99 Å². The van der Waals surface area contributed by atoms with E-state index in [9.17, 15) is 0 Å². The van der Waals surface area contributed by atoms with Crippen molar-refractivity contribution < 1.29 is 4.42 Å². The molecule has 0 fully saturated rings. The lowest BCUT2D eigenvalue weighted by Gasteiger charge is -2.00. The largest absolute Gasteiger partial charge is 0.456 e. The highest BCUT2D eigenvalue weighted by atomic mass is 35.5. The van der Waals surface area contributed by atoms with Gasteiger partial charge in [0.05, 0.1) is 5.67 Å². The van der Waals surface area contributed by atoms with Gasteiger partial charge in [0.2, 0.25) is 5.29 Å². The van der Waals surface area contributed by atoms with Crippen molar-refractivity contribution in [3.8, 4) is 0 Å². The predicted octanol–water partition coefficient (Wildman–Crippen LogP) is 4.82. The summed E-state index contributed by atoms with van der Waals surface area (Å²) in [6.45, 7) is 0. The van der Waals surface area contributed by atoms with Crippen LogP contribution in [-0.4, -0.2) is 23.9 Å². The molecular formula is C16H11Cl2N3O. The van der Waals surface area contributed by atoms with Crippen LogP contribution in [0.2, 0.25) is 0 Å². The minimum atomic E-state index is 0.106. The van der Waals surface area contributed by atoms with Gasteiger partial charge in [-0.05, 0) is 35.9 Å². The summed E-state index contributed by atoms with van der Waals surface area (Å²) in [5.74, 6) is 0.387. The van der Waals surface area contributed by atoms with Crippen LogP contribution in [-0.2, 0) is 0 Å². The van der Waals surface area contributed by atoms with Crippen LogP contribution in [0, 0.1) is 0 Å². The number of rotatable bonds is 1. The van der Waals surface area contributed by atoms with Gasteiger partial charge in [0.1, 0.15) is 11.2 Å². The highest BCUT2D eigenvalue weighted by Gasteiger charge is 2.10. The van der Waals surface area contributed by atoms with E-state index < -0.39 is 0 Å². The molecule has 6 heteroatoms. The van der Waals surface area contributed by atoms with Crippen LogP contribution in [0.15, 0.2) is 61.9 Å². The summed E-state index contributed by atoms with van der Waals surface area (Å²) in [6.07, 6.45) is 0. The second kappa shape index (κ2) is 6.30. The quantitative estimate of drug-likeness (QED) is 0.358. The smallest absolute Gasteiger partial charge is 0.219 e. The summed E-state index contributed by atoms with van der Waals surface area (Å²) in [5.41, 5.74) is 3.56. The molecular weight excluding hydrogens is 321 g/mol. The lowest BCUT2D eigenvalue weighted by Crippen LogP contribution is -1.99. The van der Waals surface area contributed by atoms with Gasteiger partial charge in [-0.3, -0.25) is 4.99 Å². The lowest BCUT2D eigenvalue weighted by molar-refractivity contribution is 0.669. The number of halogens is 2. The highest BCUT2D eigenvalue weighted by Crippen LogP contribution is 2.29. The minimum absolute atomic E-state index is 0.106. The maximum Gasteiger partial charge on any atom is 0.219 e. The molecule has 0 bridgehead atoms. The summed E-state index contributed by atoms with van der Waals surface area (Å²) in [5, 5.41) is 2.12. The molecule has 0 atom stereocenters. The monoisotopic (exact) mass is 331 g/mol. The van der Waals surface area contributed by atoms with E-state index >= 15 is 0 Å². The van der Waals surface area contributed by atoms with Crippen molar-refractivity contribution in [2.75, 3.05) is 7.05 Å². The van der Waals surface area contributed by atoms with E-state index in [-0.39, 0.29) is 5.29 Å². The normalized spacial score (nSPS) is 13.6. The zero-order chi connectivity index (χ0) is 15.5. The third kappa shape index (κ3) is 2.75. The second-order valence-electron chi connectivity index (χ2n) is 4.46. The maximum absolute atomic E-state index is 5.86. The van der Waals surface area contributed by atoms with Gasteiger partial charge in [0.25, 0.3) is 0 Å². The van der Waals surface area contributed by atoms with E-state index in [2.05, 4.69) is 15.0 Å². The van der Waals surface area contributed by atoms with Crippen molar-refractivity contribution in [2.24, 2.45) is 15.0 Å². The van der Waals surface area contributed by atoms with Gasteiger partial charge in [-0.1, -0.05) is 29.8 Å². The number of nitrogens with zero attached hydrogens (tertiary/aromatic N) is 3. The highest BCUT2D eigenvalue weighted by molar-refractivity contribution is 6.66. The average molecular weight is 332 g/mol. The number of hydrogen-bond donors (Lipinski definition) is 0. The Morgan fingerprint density at radius 3 is 2.64 bits per heavy atom. The first-order chi connectivity index (χ1) is 10.7. The summed E-state index contributed by atoms with van der Waals surface area (Å²) in [4.78, 5) is 12.0. The molecule has 22 heavy (non-hydrogen) atoms. The van der Waals surface area contributed by atoms with Crippen LogP contribution < -0.4 is 0 Å². The van der Waals surface area contributed by atoms with Crippen LogP contribution in [0.25, 0.3) is 21.9 Å². The van der Waals surface area contributed by atoms with Gasteiger partial charge in [-0.15, -0.1) is 0 Å². The zero-order valence-corrected chi connectivity index (χ0v) is 13.1. The fourth-order valence-corrected chi connectivity index (χ4v) is 2.39. The molecule has 0 N–H and O–H groups in total. The molecule has 1 aromatic heterocycles. The topological polar surface area (TPSA) is 50.2 Å². The number of furan rings is 1. The van der Waals surface area contributed by atoms with Crippen LogP contribution >= 0.6 is 23.2 Å². The molecule has 2 aromatic carbocycles. The summed E-state index contributed by atoms with van der Waals surface area (Å²) in [6, 6.07) is 13.5. The third-order valence-electron chi connectivity index (χ3n) is 3.19. The minimum Gasteiger partial charge on any atom is -0.456 e. The van der Waals surface area contributed by atoms with E-state index in [0.717, 1.165) is 33.2 Å². The predicted molar refractivity (Wildman–Crippen MR) is 93.8 cm³/mol. The van der Waals surface area contributed by atoms with Crippen molar-refractivity contribution >= 4 is 61.9 Å². The molecule has 0 saturated carbocycles. The fraction of sp³-hybridized carbons (Fsp3) is 0.0625. The standard InChI is InChI=1S/C16H11Cl2N3O/c1-19-16(18)21-15(20-9-17)10-6-7-14-12(8-10)11-4-2-3-5-13(11)22-14/h2-9H,1H3. The van der Waals surface area contributed by atoms with Crippen LogP contribution in [0.3, 0.4) is 0 Å². The Bertz CT molecular complexity index is 925. The number of amidine groups is 2. The molecule has 0 spiro atoms. The van der Waals surface area contributed by atoms with Crippen molar-refractivity contribution in [3.05, 3.63) is 48.0 Å². The number of para-hydroxylation sites is 1. The molecule has 0 radical (unpaired) electrons. The third-order valence-corrected chi connectivity index (χ3v) is 3.54. The van der Waals surface area contributed by atoms with E-state index in [4.69, 9.17) is 27.6 Å². The average Bonchev–Trinajstić information content (AvgIpc) is 2.92. The summed E-state index contributed by atoms with van der Waals surface area (Å²) in [7, 11) is 1.56. The number of fused-ring (bicyclic) bond motifs is 3. The molecule has 3 rings (SSSR count). The van der Waals surface area contributed by atoms with Crippen molar-refractivity contribution in [3.63, 3.8) is 0 Å². The van der Waals surface area contributed by atoms with E-state index in [1.165, 1.54) is 0 Å². The Kier molecular flexibility index (Phi) is 4.22. The van der Waals surface area contributed by atoms with E-state index in [1.54, 1.807) is 7.05 Å². The first-order valence-corrected chi connectivity index (χ1v) is 7.30. The van der Waals surface area contributed by atoms with Crippen molar-refractivity contribution in [1.82, 2.24) is 0 Å². The van der Waals surface area contributed by atoms with Crippen LogP contribution in [0.1, 0.15) is 5.56 Å². The molecule has 0 unspecified atom stereocenters. The molecule has 110 valence electrons. The van der Waals surface area contributed by atoms with Crippen molar-refractivity contribution in [1.29, 1.82) is 0 Å². The Morgan fingerprint density at radius 1 is 1.09 bits per heavy atom. The van der Waals surface area contributed by atoms with Crippen LogP contribution in [0.4, 0.5) is 0 Å². The molecule has 0 aliphatic carbocycles. The van der Waals surface area contributed by atoms with E-state index in [1.807, 2.05) is 42.5 Å². The second-order valence-corrected chi connectivity index (χ2v) is 5.00. The Balaban J connectivity index is 2.21. The molecule has 1 heterocycles. The lowest BCUT2D eigenvalue weighted by atomic mass is 10.1. The first-order valence-electron chi connectivity index (χ1n) is 6.48. The van der Waals surface area contributed by atoms with Crippen LogP contribution in [0.5, 0.6) is 0 Å². The molecule has 4 nitrogen and oxygen atoms in total. The number of benzene rings is 2. The summed E-state index contributed by atoms with van der Waals surface area (Å²) >= 11 is 11.5. The van der Waals surface area contributed by atoms with Gasteiger partial charge in [-0.2, -0.15) is 4.99 Å². The maximum atomic E-state index is 5.86. The fourth-order valence-electron chi connectivity index (χ4n) is 2.22. The SMILES string of the molecule is CN=C(Cl)N=C(N=CCl)c1ccc2oc3ccccc3c2c1. The van der Waals surface area contributed by atoms with Gasteiger partial charge >= 0.3 is 0 Å². The van der Waals surface area contributed by atoms with Gasteiger partial charge in [0, 0.05) is 23.4 Å². The number of aliphatic imine (C=N–C) groups is 3. The molecule has 3 aromatic rings. The Morgan fingerprint density at radius 2 is 1.86 bits per heavy atom. The van der Waals surface area contributed by atoms with Crippen molar-refractivity contribution in [2.45, 2.75) is 0 Å². The first kappa shape index (κ1) is 14.8. The van der Waals surface area contributed by atoms with Gasteiger partial charge in [0.15, 0.2) is 5.84 Å². The molecule has 0 amide bonds. The van der Waals surface area contributed by atoms with E-state index in [0.29, 0.717) is 5.84 Å². The molecule has 0 aliphatic heterocycles. The summed E-state index contributed by atoms with van der Waals surface area (Å²) < 4.78 is 5.80. The molecule has 0 aliphatic rings. The Labute approximate surface area is 136 Å². The van der Waals surface area contributed by atoms with Gasteiger partial charge < -0.3 is 4.42 Å². The number of hydrogen-bond acceptors (Lipinski definition) is 2.